The molecule has 166 valence electrons. The van der Waals surface area contributed by atoms with E-state index in [4.69, 9.17) is 20.8 Å². The molecule has 0 N–H and O–H groups in total. The first-order valence-electron chi connectivity index (χ1n) is 10.3. The SMILES string of the molecule is CCOc1cccc(-c2c3c(=O)n(C)c(=O)n(C)c3c3n2CCSC3c2ccc(Cl)o2)c1. The Morgan fingerprint density at radius 3 is 2.72 bits per heavy atom. The number of benzene rings is 1. The number of aryl methyl sites for hydroxylation is 1. The molecular weight excluding hydrogens is 450 g/mol. The lowest BCUT2D eigenvalue weighted by Gasteiger charge is -2.25. The summed E-state index contributed by atoms with van der Waals surface area (Å²) in [7, 11) is 3.22. The van der Waals surface area contributed by atoms with E-state index in [0.29, 0.717) is 35.0 Å². The topological polar surface area (TPSA) is 71.3 Å². The van der Waals surface area contributed by atoms with Gasteiger partial charge in [0.15, 0.2) is 5.22 Å². The van der Waals surface area contributed by atoms with Gasteiger partial charge in [-0.1, -0.05) is 12.1 Å². The summed E-state index contributed by atoms with van der Waals surface area (Å²) in [4.78, 5) is 26.3. The summed E-state index contributed by atoms with van der Waals surface area (Å²) >= 11 is 7.78. The number of ether oxygens (including phenoxy) is 1. The molecular formula is C23H22ClN3O4S. The maximum Gasteiger partial charge on any atom is 0.331 e. The minimum Gasteiger partial charge on any atom is -0.494 e. The Kier molecular flexibility index (Phi) is 5.22. The van der Waals surface area contributed by atoms with Gasteiger partial charge < -0.3 is 13.7 Å². The first-order valence-corrected chi connectivity index (χ1v) is 11.8. The van der Waals surface area contributed by atoms with E-state index >= 15 is 0 Å². The second-order valence-corrected chi connectivity index (χ2v) is 9.25. The number of nitrogens with zero attached hydrogens (tertiary/aromatic N) is 3. The number of furan rings is 1. The number of halogens is 1. The molecule has 0 saturated carbocycles. The van der Waals surface area contributed by atoms with Crippen LogP contribution in [0.1, 0.15) is 23.6 Å². The molecule has 5 rings (SSSR count). The molecule has 0 aliphatic carbocycles. The summed E-state index contributed by atoms with van der Waals surface area (Å²) in [5.41, 5.74) is 2.47. The van der Waals surface area contributed by atoms with Crippen molar-refractivity contribution in [3.63, 3.8) is 0 Å². The van der Waals surface area contributed by atoms with Crippen LogP contribution >= 0.6 is 23.4 Å². The van der Waals surface area contributed by atoms with Crippen LogP contribution in [0.15, 0.2) is 50.4 Å². The van der Waals surface area contributed by atoms with Crippen LogP contribution in [0.5, 0.6) is 5.75 Å². The third-order valence-corrected chi connectivity index (χ3v) is 7.23. The Balaban J connectivity index is 1.91. The van der Waals surface area contributed by atoms with Gasteiger partial charge in [-0.3, -0.25) is 13.9 Å². The fourth-order valence-corrected chi connectivity index (χ4v) is 5.83. The van der Waals surface area contributed by atoms with E-state index in [2.05, 4.69) is 4.57 Å². The van der Waals surface area contributed by atoms with Crippen molar-refractivity contribution >= 4 is 34.3 Å². The molecule has 0 fully saturated rings. The van der Waals surface area contributed by atoms with Crippen LogP contribution in [0, 0.1) is 0 Å². The molecule has 4 aromatic rings. The second-order valence-electron chi connectivity index (χ2n) is 7.67. The lowest BCUT2D eigenvalue weighted by atomic mass is 10.1. The van der Waals surface area contributed by atoms with Gasteiger partial charge in [-0.05, 0) is 42.8 Å². The quantitative estimate of drug-likeness (QED) is 0.446. The molecule has 32 heavy (non-hydrogen) atoms. The van der Waals surface area contributed by atoms with Crippen LogP contribution in [-0.4, -0.2) is 26.1 Å². The predicted molar refractivity (Wildman–Crippen MR) is 127 cm³/mol. The van der Waals surface area contributed by atoms with Crippen molar-refractivity contribution in [1.29, 1.82) is 0 Å². The molecule has 1 aliphatic rings. The lowest BCUT2D eigenvalue weighted by Crippen LogP contribution is -2.37. The zero-order valence-electron chi connectivity index (χ0n) is 17.9. The number of hydrogen-bond donors (Lipinski definition) is 0. The van der Waals surface area contributed by atoms with Crippen molar-refractivity contribution < 1.29 is 9.15 Å². The third kappa shape index (κ3) is 3.12. The first-order chi connectivity index (χ1) is 15.4. The minimum atomic E-state index is -0.364. The number of thioether (sulfide) groups is 1. The smallest absolute Gasteiger partial charge is 0.331 e. The maximum absolute atomic E-state index is 13.4. The number of aromatic nitrogens is 3. The highest BCUT2D eigenvalue weighted by molar-refractivity contribution is 7.99. The fraction of sp³-hybridized carbons (Fsp3) is 0.304. The summed E-state index contributed by atoms with van der Waals surface area (Å²) < 4.78 is 16.3. The maximum atomic E-state index is 13.4. The average Bonchev–Trinajstić information content (AvgIpc) is 3.38. The minimum absolute atomic E-state index is 0.194. The van der Waals surface area contributed by atoms with Crippen molar-refractivity contribution in [1.82, 2.24) is 13.7 Å². The molecule has 1 unspecified atom stereocenters. The van der Waals surface area contributed by atoms with Gasteiger partial charge in [0.05, 0.1) is 28.9 Å². The van der Waals surface area contributed by atoms with Gasteiger partial charge in [0.1, 0.15) is 16.8 Å². The zero-order chi connectivity index (χ0) is 22.6. The van der Waals surface area contributed by atoms with Crippen molar-refractivity contribution in [2.75, 3.05) is 12.4 Å². The van der Waals surface area contributed by atoms with Crippen molar-refractivity contribution in [3.05, 3.63) is 73.9 Å². The van der Waals surface area contributed by atoms with Crippen LogP contribution in [0.25, 0.3) is 22.2 Å². The van der Waals surface area contributed by atoms with Crippen LogP contribution in [-0.2, 0) is 20.6 Å². The van der Waals surface area contributed by atoms with Crippen LogP contribution in [0.3, 0.4) is 0 Å². The van der Waals surface area contributed by atoms with Crippen molar-refractivity contribution in [3.8, 4) is 17.0 Å². The van der Waals surface area contributed by atoms with E-state index in [0.717, 1.165) is 33.0 Å². The lowest BCUT2D eigenvalue weighted by molar-refractivity contribution is 0.340. The van der Waals surface area contributed by atoms with Crippen LogP contribution in [0.4, 0.5) is 0 Å². The Morgan fingerprint density at radius 1 is 1.19 bits per heavy atom. The Bertz CT molecular complexity index is 1460. The van der Waals surface area contributed by atoms with Crippen LogP contribution in [0.2, 0.25) is 5.22 Å². The van der Waals surface area contributed by atoms with E-state index in [-0.39, 0.29) is 16.5 Å². The van der Waals surface area contributed by atoms with Gasteiger partial charge in [-0.25, -0.2) is 4.79 Å². The largest absolute Gasteiger partial charge is 0.494 e. The highest BCUT2D eigenvalue weighted by atomic mass is 35.5. The van der Waals surface area contributed by atoms with Gasteiger partial charge >= 0.3 is 5.69 Å². The predicted octanol–water partition coefficient (Wildman–Crippen LogP) is 4.19. The Labute approximate surface area is 193 Å². The van der Waals surface area contributed by atoms with Crippen molar-refractivity contribution in [2.24, 2.45) is 14.1 Å². The van der Waals surface area contributed by atoms with Gasteiger partial charge in [0.2, 0.25) is 0 Å². The molecule has 1 aliphatic heterocycles. The molecule has 0 amide bonds. The standard InChI is InChI=1S/C23H22ClN3O4S/c1-4-30-14-7-5-6-13(12-14)18-17-19(25(2)23(29)26(3)22(17)28)20-21(32-11-10-27(18)20)15-8-9-16(24)31-15/h5-9,12,21H,4,10-11H2,1-3H3. The second kappa shape index (κ2) is 7.94. The van der Waals surface area contributed by atoms with Gasteiger partial charge in [0, 0.05) is 32.0 Å². The summed E-state index contributed by atoms with van der Waals surface area (Å²) in [5, 5.41) is 0.631. The Hall–Kier alpha value is -2.84. The zero-order valence-corrected chi connectivity index (χ0v) is 19.5. The monoisotopic (exact) mass is 471 g/mol. The van der Waals surface area contributed by atoms with E-state index in [1.165, 1.54) is 7.05 Å². The fourth-order valence-electron chi connectivity index (χ4n) is 4.47. The third-order valence-electron chi connectivity index (χ3n) is 5.82. The average molecular weight is 472 g/mol. The molecule has 0 spiro atoms. The highest BCUT2D eigenvalue weighted by Gasteiger charge is 2.34. The van der Waals surface area contributed by atoms with Crippen molar-refractivity contribution in [2.45, 2.75) is 18.7 Å². The van der Waals surface area contributed by atoms with Gasteiger partial charge in [0.25, 0.3) is 5.56 Å². The first kappa shape index (κ1) is 21.0. The number of fused-ring (bicyclic) bond motifs is 3. The van der Waals surface area contributed by atoms with Crippen LogP contribution < -0.4 is 16.0 Å². The number of rotatable bonds is 4. The summed E-state index contributed by atoms with van der Waals surface area (Å²) in [6.07, 6.45) is 0. The van der Waals surface area contributed by atoms with E-state index < -0.39 is 0 Å². The molecule has 4 heterocycles. The number of hydrogen-bond acceptors (Lipinski definition) is 5. The molecule has 0 saturated heterocycles. The van der Waals surface area contributed by atoms with Gasteiger partial charge in [-0.2, -0.15) is 0 Å². The molecule has 7 nitrogen and oxygen atoms in total. The summed E-state index contributed by atoms with van der Waals surface area (Å²) in [5.74, 6) is 2.25. The normalized spacial score (nSPS) is 15.8. The van der Waals surface area contributed by atoms with E-state index in [1.54, 1.807) is 29.4 Å². The van der Waals surface area contributed by atoms with Gasteiger partial charge in [-0.15, -0.1) is 11.8 Å². The highest BCUT2D eigenvalue weighted by Crippen LogP contribution is 2.46. The summed E-state index contributed by atoms with van der Waals surface area (Å²) in [6.45, 7) is 3.18. The van der Waals surface area contributed by atoms with E-state index in [9.17, 15) is 9.59 Å². The van der Waals surface area contributed by atoms with E-state index in [1.807, 2.05) is 37.3 Å². The molecule has 3 aromatic heterocycles. The summed E-state index contributed by atoms with van der Waals surface area (Å²) in [6, 6.07) is 11.3. The Morgan fingerprint density at radius 2 is 2.00 bits per heavy atom. The molecule has 0 bridgehead atoms. The molecule has 0 radical (unpaired) electrons. The molecule has 9 heteroatoms. The molecule has 1 atom stereocenters. The molecule has 1 aromatic carbocycles.